The Morgan fingerprint density at radius 3 is 2.19 bits per heavy atom. The van der Waals surface area contributed by atoms with Crippen molar-refractivity contribution in [1.29, 1.82) is 5.26 Å². The molecule has 1 atom stereocenters. The molecule has 1 heterocycles. The Morgan fingerprint density at radius 1 is 1.00 bits per heavy atom. The SMILES string of the molecule is CCC(C)CSc1nc(-c2ccccc2)cc(-c2ccccc2)c1C#N. The number of hydrogen-bond acceptors (Lipinski definition) is 3. The van der Waals surface area contributed by atoms with Crippen molar-refractivity contribution in [2.75, 3.05) is 5.75 Å². The van der Waals surface area contributed by atoms with E-state index in [-0.39, 0.29) is 0 Å². The van der Waals surface area contributed by atoms with E-state index in [1.54, 1.807) is 11.8 Å². The molecule has 1 unspecified atom stereocenters. The predicted octanol–water partition coefficient (Wildman–Crippen LogP) is 6.43. The zero-order valence-corrected chi connectivity index (χ0v) is 16.0. The van der Waals surface area contributed by atoms with Gasteiger partial charge in [-0.1, -0.05) is 80.9 Å². The first-order valence-corrected chi connectivity index (χ1v) is 9.90. The van der Waals surface area contributed by atoms with Crippen molar-refractivity contribution in [3.05, 3.63) is 72.3 Å². The number of hydrogen-bond donors (Lipinski definition) is 0. The maximum absolute atomic E-state index is 9.84. The molecule has 3 heteroatoms. The van der Waals surface area contributed by atoms with Crippen LogP contribution < -0.4 is 0 Å². The van der Waals surface area contributed by atoms with Crippen molar-refractivity contribution >= 4 is 11.8 Å². The average Bonchev–Trinajstić information content (AvgIpc) is 2.72. The molecule has 0 saturated heterocycles. The minimum absolute atomic E-state index is 0.592. The van der Waals surface area contributed by atoms with Crippen LogP contribution in [0.2, 0.25) is 0 Å². The van der Waals surface area contributed by atoms with Crippen molar-refractivity contribution < 1.29 is 0 Å². The summed E-state index contributed by atoms with van der Waals surface area (Å²) in [5.41, 5.74) is 4.65. The topological polar surface area (TPSA) is 36.7 Å². The van der Waals surface area contributed by atoms with E-state index in [0.29, 0.717) is 11.5 Å². The van der Waals surface area contributed by atoms with Crippen LogP contribution >= 0.6 is 11.8 Å². The summed E-state index contributed by atoms with van der Waals surface area (Å²) in [7, 11) is 0. The first-order valence-electron chi connectivity index (χ1n) is 8.91. The molecule has 0 radical (unpaired) electrons. The van der Waals surface area contributed by atoms with E-state index in [1.165, 1.54) is 0 Å². The van der Waals surface area contributed by atoms with Crippen LogP contribution in [0.3, 0.4) is 0 Å². The fraction of sp³-hybridized carbons (Fsp3) is 0.217. The smallest absolute Gasteiger partial charge is 0.115 e. The van der Waals surface area contributed by atoms with Crippen LogP contribution in [0.5, 0.6) is 0 Å². The Bertz CT molecular complexity index is 899. The predicted molar refractivity (Wildman–Crippen MR) is 110 cm³/mol. The van der Waals surface area contributed by atoms with Gasteiger partial charge in [0.2, 0.25) is 0 Å². The number of thioether (sulfide) groups is 1. The highest BCUT2D eigenvalue weighted by Gasteiger charge is 2.16. The number of pyridine rings is 1. The summed E-state index contributed by atoms with van der Waals surface area (Å²) in [6, 6.07) is 24.7. The number of rotatable bonds is 6. The van der Waals surface area contributed by atoms with Gasteiger partial charge in [0.15, 0.2) is 0 Å². The minimum Gasteiger partial charge on any atom is -0.240 e. The zero-order valence-electron chi connectivity index (χ0n) is 15.1. The highest BCUT2D eigenvalue weighted by Crippen LogP contribution is 2.34. The van der Waals surface area contributed by atoms with Crippen molar-refractivity contribution in [3.8, 4) is 28.5 Å². The Labute approximate surface area is 159 Å². The van der Waals surface area contributed by atoms with Gasteiger partial charge < -0.3 is 0 Å². The second-order valence-corrected chi connectivity index (χ2v) is 7.41. The minimum atomic E-state index is 0.592. The lowest BCUT2D eigenvalue weighted by Crippen LogP contribution is -2.00. The molecule has 0 aliphatic heterocycles. The molecule has 0 N–H and O–H groups in total. The summed E-state index contributed by atoms with van der Waals surface area (Å²) in [5, 5.41) is 10.7. The van der Waals surface area contributed by atoms with Crippen LogP contribution in [0, 0.1) is 17.2 Å². The van der Waals surface area contributed by atoms with E-state index in [1.807, 2.05) is 54.6 Å². The lowest BCUT2D eigenvalue weighted by molar-refractivity contribution is 0.636. The summed E-state index contributed by atoms with van der Waals surface area (Å²) in [6.45, 7) is 4.43. The number of nitrogens with zero attached hydrogens (tertiary/aromatic N) is 2. The van der Waals surface area contributed by atoms with Crippen molar-refractivity contribution in [2.45, 2.75) is 25.3 Å². The average molecular weight is 359 g/mol. The number of benzene rings is 2. The molecule has 0 amide bonds. The molecule has 26 heavy (non-hydrogen) atoms. The number of nitriles is 1. The molecule has 3 aromatic rings. The largest absolute Gasteiger partial charge is 0.240 e. The molecule has 0 saturated carbocycles. The van der Waals surface area contributed by atoms with E-state index >= 15 is 0 Å². The Balaban J connectivity index is 2.14. The van der Waals surface area contributed by atoms with Gasteiger partial charge >= 0.3 is 0 Å². The second kappa shape index (κ2) is 8.69. The first-order chi connectivity index (χ1) is 12.7. The maximum Gasteiger partial charge on any atom is 0.115 e. The summed E-state index contributed by atoms with van der Waals surface area (Å²) in [4.78, 5) is 4.85. The molecule has 2 aromatic carbocycles. The Hall–Kier alpha value is -2.57. The summed E-state index contributed by atoms with van der Waals surface area (Å²) in [6.07, 6.45) is 1.12. The monoisotopic (exact) mass is 358 g/mol. The molecular weight excluding hydrogens is 336 g/mol. The second-order valence-electron chi connectivity index (χ2n) is 6.40. The van der Waals surface area contributed by atoms with Crippen LogP contribution in [-0.2, 0) is 0 Å². The lowest BCUT2D eigenvalue weighted by Gasteiger charge is -2.14. The zero-order chi connectivity index (χ0) is 18.4. The first kappa shape index (κ1) is 18.2. The fourth-order valence-electron chi connectivity index (χ4n) is 2.68. The molecule has 0 aliphatic carbocycles. The van der Waals surface area contributed by atoms with Gasteiger partial charge in [-0.3, -0.25) is 0 Å². The van der Waals surface area contributed by atoms with Gasteiger partial charge in [-0.2, -0.15) is 5.26 Å². The third kappa shape index (κ3) is 4.15. The molecule has 0 bridgehead atoms. The van der Waals surface area contributed by atoms with Crippen molar-refractivity contribution in [1.82, 2.24) is 4.98 Å². The highest BCUT2D eigenvalue weighted by molar-refractivity contribution is 7.99. The molecule has 130 valence electrons. The molecule has 3 rings (SSSR count). The van der Waals surface area contributed by atoms with Gasteiger partial charge in [-0.05, 0) is 17.5 Å². The van der Waals surface area contributed by atoms with E-state index in [2.05, 4.69) is 32.0 Å². The molecule has 0 aliphatic rings. The third-order valence-electron chi connectivity index (χ3n) is 4.45. The molecule has 1 aromatic heterocycles. The van der Waals surface area contributed by atoms with E-state index in [4.69, 9.17) is 4.98 Å². The van der Waals surface area contributed by atoms with Gasteiger partial charge in [0.25, 0.3) is 0 Å². The van der Waals surface area contributed by atoms with Gasteiger partial charge in [-0.25, -0.2) is 4.98 Å². The lowest BCUT2D eigenvalue weighted by atomic mass is 9.99. The quantitative estimate of drug-likeness (QED) is 0.477. The van der Waals surface area contributed by atoms with Crippen LogP contribution in [0.1, 0.15) is 25.8 Å². The summed E-state index contributed by atoms with van der Waals surface area (Å²) < 4.78 is 0. The summed E-state index contributed by atoms with van der Waals surface area (Å²) in [5.74, 6) is 1.55. The fourth-order valence-corrected chi connectivity index (χ4v) is 3.82. The van der Waals surface area contributed by atoms with E-state index in [0.717, 1.165) is 39.6 Å². The van der Waals surface area contributed by atoms with Crippen LogP contribution in [0.4, 0.5) is 0 Å². The Kier molecular flexibility index (Phi) is 6.09. The van der Waals surface area contributed by atoms with Gasteiger partial charge in [0, 0.05) is 16.9 Å². The Morgan fingerprint density at radius 2 is 1.62 bits per heavy atom. The molecular formula is C23H22N2S. The molecule has 2 nitrogen and oxygen atoms in total. The van der Waals surface area contributed by atoms with Gasteiger partial charge in [0.1, 0.15) is 11.1 Å². The normalized spacial score (nSPS) is 11.7. The summed E-state index contributed by atoms with van der Waals surface area (Å²) >= 11 is 1.69. The van der Waals surface area contributed by atoms with Gasteiger partial charge in [-0.15, -0.1) is 11.8 Å². The number of aromatic nitrogens is 1. The highest BCUT2D eigenvalue weighted by atomic mass is 32.2. The van der Waals surface area contributed by atoms with Crippen LogP contribution in [-0.4, -0.2) is 10.7 Å². The molecule has 0 spiro atoms. The standard InChI is InChI=1S/C23H22N2S/c1-3-17(2)16-26-23-21(15-24)20(18-10-6-4-7-11-18)14-22(25-23)19-12-8-5-9-13-19/h4-14,17H,3,16H2,1-2H3. The van der Waals surface area contributed by atoms with Gasteiger partial charge in [0.05, 0.1) is 11.3 Å². The molecule has 0 fully saturated rings. The van der Waals surface area contributed by atoms with E-state index in [9.17, 15) is 5.26 Å². The van der Waals surface area contributed by atoms with Crippen LogP contribution in [0.15, 0.2) is 71.8 Å². The maximum atomic E-state index is 9.84. The van der Waals surface area contributed by atoms with Crippen LogP contribution in [0.25, 0.3) is 22.4 Å². The van der Waals surface area contributed by atoms with Crippen molar-refractivity contribution in [3.63, 3.8) is 0 Å². The van der Waals surface area contributed by atoms with E-state index < -0.39 is 0 Å². The third-order valence-corrected chi connectivity index (χ3v) is 5.76. The van der Waals surface area contributed by atoms with Crippen molar-refractivity contribution in [2.24, 2.45) is 5.92 Å².